The van der Waals surface area contributed by atoms with Gasteiger partial charge in [-0.05, 0) is 72.1 Å². The molecule has 0 amide bonds. The molecular weight excluding hydrogens is 485 g/mol. The van der Waals surface area contributed by atoms with Crippen molar-refractivity contribution in [3.05, 3.63) is 88.0 Å². The van der Waals surface area contributed by atoms with Gasteiger partial charge in [-0.1, -0.05) is 57.9 Å². The van der Waals surface area contributed by atoms with Crippen LogP contribution < -0.4 is 0 Å². The molecule has 0 saturated heterocycles. The molecule has 4 rings (SSSR count). The van der Waals surface area contributed by atoms with Gasteiger partial charge in [0.1, 0.15) is 5.82 Å². The number of alkyl halides is 4. The summed E-state index contributed by atoms with van der Waals surface area (Å²) in [6.07, 6.45) is -3.05. The van der Waals surface area contributed by atoms with E-state index in [9.17, 15) is 22.7 Å². The Morgan fingerprint density at radius 2 is 1.68 bits per heavy atom. The normalized spacial score (nSPS) is 18.6. The van der Waals surface area contributed by atoms with Gasteiger partial charge in [-0.15, -0.1) is 0 Å². The summed E-state index contributed by atoms with van der Waals surface area (Å²) >= 11 is 0. The predicted molar refractivity (Wildman–Crippen MR) is 134 cm³/mol. The third-order valence-corrected chi connectivity index (χ3v) is 7.27. The second-order valence-electron chi connectivity index (χ2n) is 10.2. The summed E-state index contributed by atoms with van der Waals surface area (Å²) < 4.78 is 69.7. The number of hydrogen-bond donors (Lipinski definition) is 1. The summed E-state index contributed by atoms with van der Waals surface area (Å²) in [5, 5.41) is 11.5. The van der Waals surface area contributed by atoms with E-state index in [2.05, 4.69) is 6.92 Å². The summed E-state index contributed by atoms with van der Waals surface area (Å²) in [7, 11) is 0. The molecule has 0 spiro atoms. The van der Waals surface area contributed by atoms with Gasteiger partial charge in [0.25, 0.3) is 0 Å². The summed E-state index contributed by atoms with van der Waals surface area (Å²) in [6, 6.07) is 9.72. The number of pyridine rings is 1. The van der Waals surface area contributed by atoms with E-state index in [-0.39, 0.29) is 23.0 Å². The molecule has 0 fully saturated rings. The molecule has 7 heteroatoms. The van der Waals surface area contributed by atoms with Crippen LogP contribution in [-0.2, 0) is 12.6 Å². The summed E-state index contributed by atoms with van der Waals surface area (Å²) in [5.41, 5.74) is 2.17. The highest BCUT2D eigenvalue weighted by Gasteiger charge is 2.36. The minimum absolute atomic E-state index is 0.0182. The first-order chi connectivity index (χ1) is 17.5. The average molecular weight is 518 g/mol. The highest BCUT2D eigenvalue weighted by molar-refractivity contribution is 5.75. The van der Waals surface area contributed by atoms with Crippen molar-refractivity contribution in [2.45, 2.75) is 77.2 Å². The third kappa shape index (κ3) is 5.57. The molecule has 37 heavy (non-hydrogen) atoms. The monoisotopic (exact) mass is 517 g/mol. The lowest BCUT2D eigenvalue weighted by Crippen LogP contribution is -2.25. The van der Waals surface area contributed by atoms with E-state index in [0.717, 1.165) is 49.9 Å². The van der Waals surface area contributed by atoms with Gasteiger partial charge in [0.05, 0.1) is 17.4 Å². The van der Waals surface area contributed by atoms with E-state index >= 15 is 4.39 Å². The fourth-order valence-corrected chi connectivity index (χ4v) is 5.31. The fourth-order valence-electron chi connectivity index (χ4n) is 5.31. The maximum Gasteiger partial charge on any atom is 0.416 e. The Morgan fingerprint density at radius 3 is 2.24 bits per heavy atom. The number of aliphatic hydroxyl groups is 1. The summed E-state index contributed by atoms with van der Waals surface area (Å²) in [5.74, 6) is -0.657. The molecule has 3 aromatic rings. The smallest absolute Gasteiger partial charge is 0.388 e. The van der Waals surface area contributed by atoms with E-state index in [1.807, 2.05) is 13.8 Å². The molecular formula is C30H32F5NO. The Balaban J connectivity index is 1.96. The highest BCUT2D eigenvalue weighted by atomic mass is 19.4. The van der Waals surface area contributed by atoms with Gasteiger partial charge in [-0.25, -0.2) is 8.78 Å². The largest absolute Gasteiger partial charge is 0.416 e. The standard InChI is InChI=1S/C30H32F5NO/c1-4-5-6-20-11-16-23-25(29(20)37)24(18-9-14-22(31)15-10-18)26(28(36-23)17(2)3)27(32)19-7-12-21(13-8-19)30(33,34)35/h7-10,12-15,17,20,27,29,37H,4-6,11,16H2,1-3H3. The topological polar surface area (TPSA) is 33.1 Å². The number of aromatic nitrogens is 1. The van der Waals surface area contributed by atoms with Gasteiger partial charge in [0.2, 0.25) is 0 Å². The average Bonchev–Trinajstić information content (AvgIpc) is 2.87. The highest BCUT2D eigenvalue weighted by Crippen LogP contribution is 2.48. The predicted octanol–water partition coefficient (Wildman–Crippen LogP) is 8.87. The van der Waals surface area contributed by atoms with Gasteiger partial charge in [0, 0.05) is 16.8 Å². The minimum Gasteiger partial charge on any atom is -0.388 e. The van der Waals surface area contributed by atoms with Crippen molar-refractivity contribution in [3.63, 3.8) is 0 Å². The lowest BCUT2D eigenvalue weighted by atomic mass is 9.75. The van der Waals surface area contributed by atoms with Crippen LogP contribution in [-0.4, -0.2) is 10.1 Å². The van der Waals surface area contributed by atoms with Crippen LogP contribution in [0.3, 0.4) is 0 Å². The number of hydrogen-bond acceptors (Lipinski definition) is 2. The minimum atomic E-state index is -4.53. The van der Waals surface area contributed by atoms with Crippen LogP contribution in [0.1, 0.15) is 98.3 Å². The van der Waals surface area contributed by atoms with Crippen LogP contribution in [0.4, 0.5) is 22.0 Å². The molecule has 3 unspecified atom stereocenters. The van der Waals surface area contributed by atoms with Crippen LogP contribution in [0.2, 0.25) is 0 Å². The van der Waals surface area contributed by atoms with Crippen molar-refractivity contribution in [3.8, 4) is 11.1 Å². The van der Waals surface area contributed by atoms with E-state index in [0.29, 0.717) is 34.5 Å². The molecule has 1 aromatic heterocycles. The summed E-state index contributed by atoms with van der Waals surface area (Å²) in [4.78, 5) is 4.83. The molecule has 1 heterocycles. The SMILES string of the molecule is CCCCC1CCc2nc(C(C)C)c(C(F)c3ccc(C(F)(F)F)cc3)c(-c3ccc(F)cc3)c2C1O. The third-order valence-electron chi connectivity index (χ3n) is 7.27. The number of fused-ring (bicyclic) bond motifs is 1. The maximum absolute atomic E-state index is 16.5. The van der Waals surface area contributed by atoms with Crippen molar-refractivity contribution >= 4 is 0 Å². The zero-order valence-electron chi connectivity index (χ0n) is 21.2. The van der Waals surface area contributed by atoms with Crippen LogP contribution in [0.5, 0.6) is 0 Å². The fraction of sp³-hybridized carbons (Fsp3) is 0.433. The van der Waals surface area contributed by atoms with E-state index in [1.54, 1.807) is 12.1 Å². The Kier molecular flexibility index (Phi) is 8.02. The molecule has 0 saturated carbocycles. The molecule has 0 radical (unpaired) electrons. The van der Waals surface area contributed by atoms with Crippen molar-refractivity contribution in [1.29, 1.82) is 0 Å². The first kappa shape index (κ1) is 27.2. The lowest BCUT2D eigenvalue weighted by Gasteiger charge is -2.34. The molecule has 198 valence electrons. The van der Waals surface area contributed by atoms with Gasteiger partial charge < -0.3 is 5.11 Å². The van der Waals surface area contributed by atoms with Crippen molar-refractivity contribution in [1.82, 2.24) is 4.98 Å². The first-order valence-electron chi connectivity index (χ1n) is 12.8. The van der Waals surface area contributed by atoms with Crippen LogP contribution in [0.15, 0.2) is 48.5 Å². The number of halogens is 5. The molecule has 1 N–H and O–H groups in total. The molecule has 0 aliphatic heterocycles. The quantitative estimate of drug-likeness (QED) is 0.318. The number of nitrogens with zero attached hydrogens (tertiary/aromatic N) is 1. The molecule has 1 aliphatic carbocycles. The first-order valence-corrected chi connectivity index (χ1v) is 12.8. The Morgan fingerprint density at radius 1 is 1.03 bits per heavy atom. The molecule has 2 aromatic carbocycles. The number of aliphatic hydroxyl groups excluding tert-OH is 1. The Hall–Kier alpha value is -2.80. The van der Waals surface area contributed by atoms with E-state index in [4.69, 9.17) is 4.98 Å². The van der Waals surface area contributed by atoms with E-state index in [1.165, 1.54) is 12.1 Å². The molecule has 2 nitrogen and oxygen atoms in total. The zero-order chi connectivity index (χ0) is 26.9. The van der Waals surface area contributed by atoms with Crippen molar-refractivity contribution < 1.29 is 27.1 Å². The van der Waals surface area contributed by atoms with Gasteiger partial charge in [0.15, 0.2) is 6.17 Å². The molecule has 3 atom stereocenters. The summed E-state index contributed by atoms with van der Waals surface area (Å²) in [6.45, 7) is 5.85. The number of aryl methyl sites for hydroxylation is 1. The Bertz CT molecular complexity index is 1220. The molecule has 0 bridgehead atoms. The van der Waals surface area contributed by atoms with Crippen LogP contribution in [0.25, 0.3) is 11.1 Å². The van der Waals surface area contributed by atoms with Crippen LogP contribution in [0, 0.1) is 11.7 Å². The number of unbranched alkanes of at least 4 members (excludes halogenated alkanes) is 1. The van der Waals surface area contributed by atoms with Crippen molar-refractivity contribution in [2.75, 3.05) is 0 Å². The van der Waals surface area contributed by atoms with Gasteiger partial charge in [-0.2, -0.15) is 13.2 Å². The van der Waals surface area contributed by atoms with Gasteiger partial charge >= 0.3 is 6.18 Å². The van der Waals surface area contributed by atoms with E-state index < -0.39 is 29.8 Å². The van der Waals surface area contributed by atoms with Gasteiger partial charge in [-0.3, -0.25) is 4.98 Å². The zero-order valence-corrected chi connectivity index (χ0v) is 21.2. The molecule has 1 aliphatic rings. The maximum atomic E-state index is 16.5. The lowest BCUT2D eigenvalue weighted by molar-refractivity contribution is -0.137. The van der Waals surface area contributed by atoms with Crippen LogP contribution >= 0.6 is 0 Å². The number of rotatable bonds is 7. The van der Waals surface area contributed by atoms with Crippen molar-refractivity contribution in [2.24, 2.45) is 5.92 Å². The number of benzene rings is 2. The Labute approximate surface area is 214 Å². The second-order valence-corrected chi connectivity index (χ2v) is 10.2. The second kappa shape index (κ2) is 10.9.